The van der Waals surface area contributed by atoms with Crippen LogP contribution in [-0.2, 0) is 10.0 Å². The standard InChI is InChI=1S/C17H22N2O4S/c1-11-3-4-12-9-19(10-13(12)7-11)17(20)15-8-14(24(18,21)22)5-6-16(15)23-2/h3,5-6,8,12-13H,4,7,9-10H2,1-2H3,(H2,18,21,22)/t12-,13+/m1/s1. The van der Waals surface area contributed by atoms with E-state index in [1.54, 1.807) is 4.90 Å². The Labute approximate surface area is 142 Å². The third-order valence-corrected chi connectivity index (χ3v) is 5.86. The summed E-state index contributed by atoms with van der Waals surface area (Å²) < 4.78 is 28.4. The first-order valence-electron chi connectivity index (χ1n) is 7.95. The van der Waals surface area contributed by atoms with Gasteiger partial charge in [-0.1, -0.05) is 11.6 Å². The van der Waals surface area contributed by atoms with Gasteiger partial charge in [-0.25, -0.2) is 13.6 Å². The van der Waals surface area contributed by atoms with Crippen LogP contribution in [0, 0.1) is 11.8 Å². The van der Waals surface area contributed by atoms with Crippen LogP contribution >= 0.6 is 0 Å². The summed E-state index contributed by atoms with van der Waals surface area (Å²) >= 11 is 0. The normalized spacial score (nSPS) is 23.6. The lowest BCUT2D eigenvalue weighted by atomic mass is 9.83. The fourth-order valence-corrected chi connectivity index (χ4v) is 4.19. The van der Waals surface area contributed by atoms with Crippen LogP contribution in [0.4, 0.5) is 0 Å². The number of allylic oxidation sites excluding steroid dienone is 2. The first-order valence-corrected chi connectivity index (χ1v) is 9.50. The fraction of sp³-hybridized carbons (Fsp3) is 0.471. The Hall–Kier alpha value is -1.86. The molecule has 130 valence electrons. The van der Waals surface area contributed by atoms with Crippen LogP contribution in [0.2, 0.25) is 0 Å². The number of ether oxygens (including phenoxy) is 1. The minimum Gasteiger partial charge on any atom is -0.496 e. The first kappa shape index (κ1) is 17.0. The molecule has 2 atom stereocenters. The maximum atomic E-state index is 12.9. The molecule has 0 aromatic heterocycles. The van der Waals surface area contributed by atoms with Crippen LogP contribution in [0.15, 0.2) is 34.7 Å². The van der Waals surface area contributed by atoms with E-state index >= 15 is 0 Å². The SMILES string of the molecule is COc1ccc(S(N)(=O)=O)cc1C(=O)N1C[C@H]2CC=C(C)C[C@H]2C1. The minimum atomic E-state index is -3.87. The van der Waals surface area contributed by atoms with Crippen LogP contribution in [0.3, 0.4) is 0 Å². The van der Waals surface area contributed by atoms with Crippen molar-refractivity contribution in [3.8, 4) is 5.75 Å². The van der Waals surface area contributed by atoms with Crippen molar-refractivity contribution in [1.29, 1.82) is 0 Å². The zero-order valence-electron chi connectivity index (χ0n) is 13.9. The molecule has 0 radical (unpaired) electrons. The Morgan fingerprint density at radius 2 is 2.00 bits per heavy atom. The predicted octanol–water partition coefficient (Wildman–Crippen LogP) is 1.77. The second kappa shape index (κ2) is 6.22. The Bertz CT molecular complexity index is 801. The number of fused-ring (bicyclic) bond motifs is 1. The zero-order chi connectivity index (χ0) is 17.5. The molecule has 1 aromatic rings. The number of methoxy groups -OCH3 is 1. The number of amides is 1. The molecule has 1 amide bonds. The fourth-order valence-electron chi connectivity index (χ4n) is 3.65. The molecule has 7 heteroatoms. The van der Waals surface area contributed by atoms with E-state index in [9.17, 15) is 13.2 Å². The molecule has 1 aliphatic carbocycles. The molecule has 0 saturated carbocycles. The predicted molar refractivity (Wildman–Crippen MR) is 90.2 cm³/mol. The molecule has 1 heterocycles. The van der Waals surface area contributed by atoms with Gasteiger partial charge in [0.15, 0.2) is 0 Å². The molecule has 2 aliphatic rings. The van der Waals surface area contributed by atoms with Crippen LogP contribution in [-0.4, -0.2) is 39.4 Å². The van der Waals surface area contributed by atoms with Crippen LogP contribution in [0.5, 0.6) is 5.75 Å². The highest BCUT2D eigenvalue weighted by molar-refractivity contribution is 7.89. The number of likely N-dealkylation sites (tertiary alicyclic amines) is 1. The third kappa shape index (κ3) is 3.18. The Kier molecular flexibility index (Phi) is 4.40. The Morgan fingerprint density at radius 3 is 2.67 bits per heavy atom. The van der Waals surface area contributed by atoms with E-state index < -0.39 is 10.0 Å². The molecule has 6 nitrogen and oxygen atoms in total. The summed E-state index contributed by atoms with van der Waals surface area (Å²) in [4.78, 5) is 14.6. The van der Waals surface area contributed by atoms with Crippen molar-refractivity contribution in [2.24, 2.45) is 17.0 Å². The number of sulfonamides is 1. The average Bonchev–Trinajstić information content (AvgIpc) is 2.95. The molecule has 0 unspecified atom stereocenters. The van der Waals surface area contributed by atoms with Gasteiger partial charge in [0.2, 0.25) is 10.0 Å². The van der Waals surface area contributed by atoms with E-state index in [0.29, 0.717) is 30.7 Å². The Balaban J connectivity index is 1.88. The second-order valence-electron chi connectivity index (χ2n) is 6.63. The molecular formula is C17H22N2O4S. The van der Waals surface area contributed by atoms with Gasteiger partial charge >= 0.3 is 0 Å². The van der Waals surface area contributed by atoms with E-state index in [-0.39, 0.29) is 16.4 Å². The zero-order valence-corrected chi connectivity index (χ0v) is 14.7. The maximum absolute atomic E-state index is 12.9. The molecule has 1 aliphatic heterocycles. The lowest BCUT2D eigenvalue weighted by molar-refractivity contribution is 0.0780. The van der Waals surface area contributed by atoms with Crippen molar-refractivity contribution >= 4 is 15.9 Å². The molecule has 1 aromatic carbocycles. The summed E-state index contributed by atoms with van der Waals surface area (Å²) in [5.74, 6) is 1.11. The highest BCUT2D eigenvalue weighted by Crippen LogP contribution is 2.37. The van der Waals surface area contributed by atoms with Gasteiger partial charge < -0.3 is 9.64 Å². The van der Waals surface area contributed by atoms with Crippen molar-refractivity contribution in [3.05, 3.63) is 35.4 Å². The van der Waals surface area contributed by atoms with Gasteiger partial charge in [0.25, 0.3) is 5.91 Å². The van der Waals surface area contributed by atoms with Crippen molar-refractivity contribution in [1.82, 2.24) is 4.90 Å². The summed E-state index contributed by atoms with van der Waals surface area (Å²) in [5.41, 5.74) is 1.62. The Morgan fingerprint density at radius 1 is 1.29 bits per heavy atom. The summed E-state index contributed by atoms with van der Waals surface area (Å²) in [5, 5.41) is 5.18. The number of nitrogens with two attached hydrogens (primary N) is 1. The van der Waals surface area contributed by atoms with Crippen LogP contribution in [0.25, 0.3) is 0 Å². The van der Waals surface area contributed by atoms with Crippen LogP contribution in [0.1, 0.15) is 30.1 Å². The smallest absolute Gasteiger partial charge is 0.257 e. The lowest BCUT2D eigenvalue weighted by Crippen LogP contribution is -2.29. The van der Waals surface area contributed by atoms with Gasteiger partial charge in [0, 0.05) is 13.1 Å². The highest BCUT2D eigenvalue weighted by Gasteiger charge is 2.37. The molecule has 2 N–H and O–H groups in total. The van der Waals surface area contributed by atoms with Crippen LogP contribution < -0.4 is 9.88 Å². The van der Waals surface area contributed by atoms with E-state index in [2.05, 4.69) is 13.0 Å². The van der Waals surface area contributed by atoms with Gasteiger partial charge in [-0.3, -0.25) is 4.79 Å². The number of benzene rings is 1. The lowest BCUT2D eigenvalue weighted by Gasteiger charge is -2.21. The number of nitrogens with zero attached hydrogens (tertiary/aromatic N) is 1. The monoisotopic (exact) mass is 350 g/mol. The van der Waals surface area contributed by atoms with Gasteiger partial charge in [0.1, 0.15) is 5.75 Å². The average molecular weight is 350 g/mol. The van der Waals surface area contributed by atoms with Gasteiger partial charge in [-0.2, -0.15) is 0 Å². The van der Waals surface area contributed by atoms with Crippen molar-refractivity contribution in [2.75, 3.05) is 20.2 Å². The summed E-state index contributed by atoms with van der Waals surface area (Å²) in [6.07, 6.45) is 4.26. The first-order chi connectivity index (χ1) is 11.3. The molecule has 3 rings (SSSR count). The van der Waals surface area contributed by atoms with Crippen molar-refractivity contribution in [3.63, 3.8) is 0 Å². The maximum Gasteiger partial charge on any atom is 0.257 e. The van der Waals surface area contributed by atoms with E-state index in [1.165, 1.54) is 30.9 Å². The topological polar surface area (TPSA) is 89.7 Å². The number of rotatable bonds is 3. The molecule has 1 saturated heterocycles. The highest BCUT2D eigenvalue weighted by atomic mass is 32.2. The van der Waals surface area contributed by atoms with E-state index in [0.717, 1.165) is 12.8 Å². The molecule has 1 fully saturated rings. The quantitative estimate of drug-likeness (QED) is 0.841. The largest absolute Gasteiger partial charge is 0.496 e. The van der Waals surface area contributed by atoms with E-state index in [1.807, 2.05) is 0 Å². The summed E-state index contributed by atoms with van der Waals surface area (Å²) in [7, 11) is -2.41. The molecule has 24 heavy (non-hydrogen) atoms. The van der Waals surface area contributed by atoms with Crippen molar-refractivity contribution in [2.45, 2.75) is 24.7 Å². The minimum absolute atomic E-state index is 0.0826. The van der Waals surface area contributed by atoms with Gasteiger partial charge in [0.05, 0.1) is 17.6 Å². The number of carbonyl (C=O) groups excluding carboxylic acids is 1. The van der Waals surface area contributed by atoms with Gasteiger partial charge in [-0.05, 0) is 49.8 Å². The number of hydrogen-bond donors (Lipinski definition) is 1. The van der Waals surface area contributed by atoms with E-state index in [4.69, 9.17) is 9.88 Å². The van der Waals surface area contributed by atoms with Gasteiger partial charge in [-0.15, -0.1) is 0 Å². The second-order valence-corrected chi connectivity index (χ2v) is 8.19. The number of primary sulfonamides is 1. The number of hydrogen-bond acceptors (Lipinski definition) is 4. The summed E-state index contributed by atoms with van der Waals surface area (Å²) in [6, 6.07) is 4.13. The third-order valence-electron chi connectivity index (χ3n) is 4.95. The summed E-state index contributed by atoms with van der Waals surface area (Å²) in [6.45, 7) is 3.51. The van der Waals surface area contributed by atoms with Crippen molar-refractivity contribution < 1.29 is 17.9 Å². The number of carbonyl (C=O) groups is 1. The molecular weight excluding hydrogens is 328 g/mol. The molecule has 0 bridgehead atoms. The molecule has 0 spiro atoms.